The van der Waals surface area contributed by atoms with E-state index < -0.39 is 0 Å². The average molecular weight is 268 g/mol. The number of hydrogen-bond acceptors (Lipinski definition) is 1. The highest BCUT2D eigenvalue weighted by Gasteiger charge is 2.20. The third-order valence-corrected chi connectivity index (χ3v) is 3.79. The summed E-state index contributed by atoms with van der Waals surface area (Å²) in [5.74, 6) is 0.0490. The van der Waals surface area contributed by atoms with Crippen molar-refractivity contribution < 1.29 is 4.79 Å². The molecular formula is C15H22ClNO. The predicted octanol–water partition coefficient (Wildman–Crippen LogP) is 4.30. The lowest BCUT2D eigenvalue weighted by molar-refractivity contribution is 0.0999. The minimum Gasteiger partial charge on any atom is -0.366 e. The molecule has 1 amide bonds. The maximum atomic E-state index is 11.5. The van der Waals surface area contributed by atoms with E-state index >= 15 is 0 Å². The van der Waals surface area contributed by atoms with Crippen molar-refractivity contribution >= 4 is 17.5 Å². The quantitative estimate of drug-likeness (QED) is 0.821. The Morgan fingerprint density at radius 2 is 2.00 bits per heavy atom. The second-order valence-corrected chi connectivity index (χ2v) is 5.01. The highest BCUT2D eigenvalue weighted by molar-refractivity contribution is 6.31. The monoisotopic (exact) mass is 267 g/mol. The Morgan fingerprint density at radius 1 is 1.33 bits per heavy atom. The van der Waals surface area contributed by atoms with E-state index in [-0.39, 0.29) is 5.91 Å². The Morgan fingerprint density at radius 3 is 2.44 bits per heavy atom. The number of primary amides is 1. The van der Waals surface area contributed by atoms with E-state index in [2.05, 4.69) is 13.8 Å². The van der Waals surface area contributed by atoms with Crippen molar-refractivity contribution in [2.45, 2.75) is 52.4 Å². The van der Waals surface area contributed by atoms with E-state index in [0.29, 0.717) is 11.5 Å². The number of amides is 1. The van der Waals surface area contributed by atoms with Gasteiger partial charge in [0.25, 0.3) is 0 Å². The highest BCUT2D eigenvalue weighted by Crippen LogP contribution is 2.35. The number of nitrogens with two attached hydrogens (primary N) is 1. The lowest BCUT2D eigenvalue weighted by Crippen LogP contribution is -2.16. The smallest absolute Gasteiger partial charge is 0.248 e. The molecule has 0 saturated heterocycles. The SMILES string of the molecule is CCCC(CC)c1c(Cl)ccc(C(N)=O)c1CC. The summed E-state index contributed by atoms with van der Waals surface area (Å²) in [4.78, 5) is 11.5. The Labute approximate surface area is 115 Å². The van der Waals surface area contributed by atoms with Crippen LogP contribution >= 0.6 is 11.6 Å². The van der Waals surface area contributed by atoms with Gasteiger partial charge in [-0.05, 0) is 48.4 Å². The lowest BCUT2D eigenvalue weighted by atomic mass is 9.85. The summed E-state index contributed by atoms with van der Waals surface area (Å²) in [6.07, 6.45) is 4.02. The standard InChI is InChI=1S/C15H22ClNO/c1-4-7-10(5-2)14-11(6-3)12(15(17)18)8-9-13(14)16/h8-10H,4-7H2,1-3H3,(H2,17,18). The van der Waals surface area contributed by atoms with E-state index in [4.69, 9.17) is 17.3 Å². The van der Waals surface area contributed by atoms with Crippen LogP contribution in [-0.2, 0) is 6.42 Å². The van der Waals surface area contributed by atoms with Crippen molar-refractivity contribution in [3.8, 4) is 0 Å². The van der Waals surface area contributed by atoms with Gasteiger partial charge < -0.3 is 5.73 Å². The zero-order valence-corrected chi connectivity index (χ0v) is 12.2. The molecule has 1 rings (SSSR count). The molecule has 100 valence electrons. The predicted molar refractivity (Wildman–Crippen MR) is 77.3 cm³/mol. The van der Waals surface area contributed by atoms with E-state index in [1.54, 1.807) is 12.1 Å². The Bertz CT molecular complexity index is 429. The van der Waals surface area contributed by atoms with E-state index in [0.717, 1.165) is 41.8 Å². The van der Waals surface area contributed by atoms with Crippen molar-refractivity contribution in [3.63, 3.8) is 0 Å². The number of hydrogen-bond donors (Lipinski definition) is 1. The molecule has 1 unspecified atom stereocenters. The van der Waals surface area contributed by atoms with E-state index in [1.807, 2.05) is 6.92 Å². The van der Waals surface area contributed by atoms with Crippen LogP contribution in [0.1, 0.15) is 67.4 Å². The number of carbonyl (C=O) groups excluding carboxylic acids is 1. The fourth-order valence-electron chi connectivity index (χ4n) is 2.59. The van der Waals surface area contributed by atoms with E-state index in [9.17, 15) is 4.79 Å². The summed E-state index contributed by atoms with van der Waals surface area (Å²) in [5.41, 5.74) is 8.21. The molecule has 2 nitrogen and oxygen atoms in total. The van der Waals surface area contributed by atoms with Crippen LogP contribution in [0.3, 0.4) is 0 Å². The van der Waals surface area contributed by atoms with Gasteiger partial charge in [-0.2, -0.15) is 0 Å². The first-order chi connectivity index (χ1) is 8.56. The van der Waals surface area contributed by atoms with E-state index in [1.165, 1.54) is 0 Å². The normalized spacial score (nSPS) is 12.4. The van der Waals surface area contributed by atoms with Crippen LogP contribution in [0, 0.1) is 0 Å². The molecule has 3 heteroatoms. The zero-order valence-electron chi connectivity index (χ0n) is 11.4. The molecule has 0 aromatic heterocycles. The molecule has 0 bridgehead atoms. The number of benzene rings is 1. The molecule has 0 heterocycles. The molecule has 0 spiro atoms. The molecule has 1 atom stereocenters. The molecule has 2 N–H and O–H groups in total. The molecule has 0 fully saturated rings. The summed E-state index contributed by atoms with van der Waals surface area (Å²) >= 11 is 6.34. The van der Waals surface area contributed by atoms with Crippen molar-refractivity contribution in [1.82, 2.24) is 0 Å². The van der Waals surface area contributed by atoms with Crippen LogP contribution in [0.25, 0.3) is 0 Å². The van der Waals surface area contributed by atoms with Crippen molar-refractivity contribution in [2.24, 2.45) is 5.73 Å². The van der Waals surface area contributed by atoms with Gasteiger partial charge in [-0.25, -0.2) is 0 Å². The number of halogens is 1. The molecule has 0 aliphatic rings. The van der Waals surface area contributed by atoms with Crippen LogP contribution in [0.2, 0.25) is 5.02 Å². The van der Waals surface area contributed by atoms with Crippen LogP contribution in [-0.4, -0.2) is 5.91 Å². The second-order valence-electron chi connectivity index (χ2n) is 4.60. The van der Waals surface area contributed by atoms with Crippen molar-refractivity contribution in [1.29, 1.82) is 0 Å². The lowest BCUT2D eigenvalue weighted by Gasteiger charge is -2.21. The van der Waals surface area contributed by atoms with Gasteiger partial charge in [0.15, 0.2) is 0 Å². The third-order valence-electron chi connectivity index (χ3n) is 3.46. The first-order valence-corrected chi connectivity index (χ1v) is 7.05. The largest absolute Gasteiger partial charge is 0.366 e. The highest BCUT2D eigenvalue weighted by atomic mass is 35.5. The van der Waals surface area contributed by atoms with Gasteiger partial charge in [-0.15, -0.1) is 0 Å². The first kappa shape index (κ1) is 15.0. The Hall–Kier alpha value is -1.02. The second kappa shape index (κ2) is 6.79. The van der Waals surface area contributed by atoms with Crippen molar-refractivity contribution in [2.75, 3.05) is 0 Å². The van der Waals surface area contributed by atoms with Crippen molar-refractivity contribution in [3.05, 3.63) is 33.8 Å². The molecule has 0 aliphatic carbocycles. The number of carbonyl (C=O) groups is 1. The van der Waals surface area contributed by atoms with Crippen LogP contribution < -0.4 is 5.73 Å². The zero-order chi connectivity index (χ0) is 13.7. The molecule has 18 heavy (non-hydrogen) atoms. The first-order valence-electron chi connectivity index (χ1n) is 6.67. The summed E-state index contributed by atoms with van der Waals surface area (Å²) < 4.78 is 0. The summed E-state index contributed by atoms with van der Waals surface area (Å²) in [6.45, 7) is 6.37. The minimum absolute atomic E-state index is 0.365. The summed E-state index contributed by atoms with van der Waals surface area (Å²) in [5, 5.41) is 0.761. The molecule has 0 radical (unpaired) electrons. The molecule has 0 aliphatic heterocycles. The maximum absolute atomic E-state index is 11.5. The van der Waals surface area contributed by atoms with Gasteiger partial charge in [0, 0.05) is 10.6 Å². The van der Waals surface area contributed by atoms with Gasteiger partial charge in [-0.1, -0.05) is 38.8 Å². The fraction of sp³-hybridized carbons (Fsp3) is 0.533. The van der Waals surface area contributed by atoms with Gasteiger partial charge in [0.1, 0.15) is 0 Å². The molecule has 1 aromatic rings. The Balaban J connectivity index is 3.39. The maximum Gasteiger partial charge on any atom is 0.248 e. The van der Waals surface area contributed by atoms with Crippen LogP contribution in [0.4, 0.5) is 0 Å². The molecule has 1 aromatic carbocycles. The topological polar surface area (TPSA) is 43.1 Å². The van der Waals surface area contributed by atoms with Crippen LogP contribution in [0.15, 0.2) is 12.1 Å². The Kier molecular flexibility index (Phi) is 5.67. The molecular weight excluding hydrogens is 246 g/mol. The van der Waals surface area contributed by atoms with Crippen LogP contribution in [0.5, 0.6) is 0 Å². The van der Waals surface area contributed by atoms with Gasteiger partial charge in [0.05, 0.1) is 0 Å². The van der Waals surface area contributed by atoms with Gasteiger partial charge in [0.2, 0.25) is 5.91 Å². The van der Waals surface area contributed by atoms with Gasteiger partial charge in [-0.3, -0.25) is 4.79 Å². The minimum atomic E-state index is -0.365. The number of rotatable bonds is 6. The third kappa shape index (κ3) is 3.05. The molecule has 0 saturated carbocycles. The summed E-state index contributed by atoms with van der Waals surface area (Å²) in [6, 6.07) is 3.54. The average Bonchev–Trinajstić information content (AvgIpc) is 2.35. The van der Waals surface area contributed by atoms with Gasteiger partial charge >= 0.3 is 0 Å². The fourth-order valence-corrected chi connectivity index (χ4v) is 2.92. The summed E-state index contributed by atoms with van der Waals surface area (Å²) in [7, 11) is 0.